The average Bonchev–Trinajstić information content (AvgIpc) is 3.49. The zero-order chi connectivity index (χ0) is 59.9. The van der Waals surface area contributed by atoms with E-state index in [0.29, 0.717) is 19.3 Å². The van der Waals surface area contributed by atoms with Crippen LogP contribution in [0.1, 0.15) is 432 Å². The molecule has 0 spiro atoms. The Hall–Kier alpha value is -2.11. The van der Waals surface area contributed by atoms with E-state index in [2.05, 4.69) is 45.1 Å². The summed E-state index contributed by atoms with van der Waals surface area (Å²) < 4.78 is 17.1. The first-order valence-electron chi connectivity index (χ1n) is 37.8. The van der Waals surface area contributed by atoms with Gasteiger partial charge in [0.15, 0.2) is 6.10 Å². The molecule has 0 amide bonds. The number of rotatable bonds is 71. The molecule has 1 unspecified atom stereocenters. The Labute approximate surface area is 519 Å². The minimum atomic E-state index is -0.768. The highest BCUT2D eigenvalue weighted by molar-refractivity contribution is 5.71. The fourth-order valence-electron chi connectivity index (χ4n) is 11.8. The van der Waals surface area contributed by atoms with E-state index in [1.807, 2.05) is 0 Å². The van der Waals surface area contributed by atoms with Gasteiger partial charge >= 0.3 is 17.9 Å². The lowest BCUT2D eigenvalue weighted by Crippen LogP contribution is -2.30. The predicted molar refractivity (Wildman–Crippen MR) is 363 cm³/mol. The van der Waals surface area contributed by atoms with Gasteiger partial charge in [0, 0.05) is 19.3 Å². The molecule has 0 aliphatic heterocycles. The minimum absolute atomic E-state index is 0.0631. The topological polar surface area (TPSA) is 78.9 Å². The Morgan fingerprint density at radius 1 is 0.241 bits per heavy atom. The van der Waals surface area contributed by atoms with Crippen molar-refractivity contribution in [2.45, 2.75) is 438 Å². The summed E-state index contributed by atoms with van der Waals surface area (Å²) in [6.45, 7) is 6.73. The maximum absolute atomic E-state index is 13.0. The van der Waals surface area contributed by atoms with Crippen molar-refractivity contribution in [2.24, 2.45) is 0 Å². The highest BCUT2D eigenvalue weighted by Crippen LogP contribution is 2.19. The zero-order valence-electron chi connectivity index (χ0n) is 56.5. The maximum Gasteiger partial charge on any atom is 0.306 e. The third kappa shape index (κ3) is 70.5. The quantitative estimate of drug-likeness (QED) is 0.0261. The van der Waals surface area contributed by atoms with Gasteiger partial charge in [0.25, 0.3) is 0 Å². The van der Waals surface area contributed by atoms with Gasteiger partial charge in [-0.1, -0.05) is 385 Å². The molecule has 6 nitrogen and oxygen atoms in total. The number of hydrogen-bond acceptors (Lipinski definition) is 6. The molecule has 0 aromatic carbocycles. The predicted octanol–water partition coefficient (Wildman–Crippen LogP) is 26.1. The Morgan fingerprint density at radius 2 is 0.434 bits per heavy atom. The number of unbranched alkanes of at least 4 members (excludes halogenated alkanes) is 56. The Morgan fingerprint density at radius 3 is 0.663 bits per heavy atom. The smallest absolute Gasteiger partial charge is 0.306 e. The molecule has 0 heterocycles. The van der Waals surface area contributed by atoms with E-state index >= 15 is 0 Å². The molecule has 0 aliphatic carbocycles. The summed E-state index contributed by atoms with van der Waals surface area (Å²) in [5.41, 5.74) is 0. The first-order chi connectivity index (χ1) is 41.0. The van der Waals surface area contributed by atoms with Crippen molar-refractivity contribution >= 4 is 17.9 Å². The van der Waals surface area contributed by atoms with Crippen molar-refractivity contribution in [1.82, 2.24) is 0 Å². The molecule has 490 valence electrons. The fraction of sp³-hybridized carbons (Fsp3) is 0.909. The average molecular weight is 1170 g/mol. The summed E-state index contributed by atoms with van der Waals surface area (Å²) >= 11 is 0. The highest BCUT2D eigenvalue weighted by Gasteiger charge is 2.20. The van der Waals surface area contributed by atoms with E-state index in [9.17, 15) is 14.4 Å². The molecule has 0 aliphatic rings. The van der Waals surface area contributed by atoms with Crippen LogP contribution >= 0.6 is 0 Å². The standard InChI is InChI=1S/C77H146O6/c1-4-7-10-13-16-19-22-25-28-31-33-35-37-38-39-40-41-43-44-46-49-52-55-58-61-64-67-70-76(79)82-73-74(72-81-75(78)69-66-63-60-57-54-51-48-30-27-24-21-18-15-12-9-6-3)83-77(80)71-68-65-62-59-56-53-50-47-45-42-36-34-32-29-26-23-20-17-14-11-8-5-2/h22,25,31,33,74H,4-21,23-24,26-30,32,34-73H2,1-3H3/b25-22-,33-31-. The normalized spacial score (nSPS) is 12.1. The van der Waals surface area contributed by atoms with Crippen LogP contribution in [0.3, 0.4) is 0 Å². The van der Waals surface area contributed by atoms with Crippen LogP contribution in [0.2, 0.25) is 0 Å². The molecular formula is C77H146O6. The molecule has 0 saturated carbocycles. The van der Waals surface area contributed by atoms with Gasteiger partial charge in [-0.3, -0.25) is 14.4 Å². The fourth-order valence-corrected chi connectivity index (χ4v) is 11.8. The Balaban J connectivity index is 4.24. The van der Waals surface area contributed by atoms with Crippen LogP contribution in [0.5, 0.6) is 0 Å². The SMILES string of the molecule is CCCCCCC/C=C\C/C=C\CCCCCCCCCCCCCCCCCC(=O)OCC(COC(=O)CCCCCCCCCCCCCCCCCC)OC(=O)CCCCCCCCCCCCCCCCCCCCCCCC. The largest absolute Gasteiger partial charge is 0.462 e. The molecule has 0 bridgehead atoms. The van der Waals surface area contributed by atoms with Crippen molar-refractivity contribution in [3.05, 3.63) is 24.3 Å². The number of carbonyl (C=O) groups is 3. The van der Waals surface area contributed by atoms with Crippen molar-refractivity contribution in [3.8, 4) is 0 Å². The number of hydrogen-bond donors (Lipinski definition) is 0. The molecule has 0 rings (SSSR count). The van der Waals surface area contributed by atoms with Crippen molar-refractivity contribution < 1.29 is 28.6 Å². The lowest BCUT2D eigenvalue weighted by Gasteiger charge is -2.18. The van der Waals surface area contributed by atoms with Gasteiger partial charge in [0.05, 0.1) is 0 Å². The Kier molecular flexibility index (Phi) is 70.5. The summed E-state index contributed by atoms with van der Waals surface area (Å²) in [6, 6.07) is 0. The van der Waals surface area contributed by atoms with E-state index in [0.717, 1.165) is 64.2 Å². The number of esters is 3. The molecule has 0 aromatic heterocycles. The summed E-state index contributed by atoms with van der Waals surface area (Å²) in [7, 11) is 0. The van der Waals surface area contributed by atoms with Crippen LogP contribution in [0, 0.1) is 0 Å². The van der Waals surface area contributed by atoms with E-state index < -0.39 is 6.10 Å². The second-order valence-corrected chi connectivity index (χ2v) is 25.9. The summed E-state index contributed by atoms with van der Waals surface area (Å²) in [6.07, 6.45) is 89.3. The monoisotopic (exact) mass is 1170 g/mol. The molecule has 0 aromatic rings. The van der Waals surface area contributed by atoms with E-state index in [4.69, 9.17) is 14.2 Å². The van der Waals surface area contributed by atoms with Crippen LogP contribution in [0.4, 0.5) is 0 Å². The van der Waals surface area contributed by atoms with Gasteiger partial charge in [-0.25, -0.2) is 0 Å². The van der Waals surface area contributed by atoms with Crippen LogP contribution in [0.25, 0.3) is 0 Å². The molecule has 0 N–H and O–H groups in total. The number of allylic oxidation sites excluding steroid dienone is 4. The van der Waals surface area contributed by atoms with Gasteiger partial charge in [-0.05, 0) is 51.4 Å². The van der Waals surface area contributed by atoms with E-state index in [1.165, 1.54) is 327 Å². The summed E-state index contributed by atoms with van der Waals surface area (Å²) in [5, 5.41) is 0. The van der Waals surface area contributed by atoms with Crippen molar-refractivity contribution in [2.75, 3.05) is 13.2 Å². The van der Waals surface area contributed by atoms with E-state index in [1.54, 1.807) is 0 Å². The van der Waals surface area contributed by atoms with Crippen molar-refractivity contribution in [1.29, 1.82) is 0 Å². The third-order valence-electron chi connectivity index (χ3n) is 17.5. The maximum atomic E-state index is 13.0. The van der Waals surface area contributed by atoms with Crippen molar-refractivity contribution in [3.63, 3.8) is 0 Å². The lowest BCUT2D eigenvalue weighted by atomic mass is 10.0. The second-order valence-electron chi connectivity index (χ2n) is 25.9. The first-order valence-corrected chi connectivity index (χ1v) is 37.8. The minimum Gasteiger partial charge on any atom is -0.462 e. The molecule has 1 atom stereocenters. The van der Waals surface area contributed by atoms with Gasteiger partial charge in [-0.15, -0.1) is 0 Å². The van der Waals surface area contributed by atoms with Gasteiger partial charge in [-0.2, -0.15) is 0 Å². The summed E-state index contributed by atoms with van der Waals surface area (Å²) in [5.74, 6) is -0.824. The molecule has 6 heteroatoms. The molecule has 0 fully saturated rings. The molecule has 0 saturated heterocycles. The Bertz CT molecular complexity index is 1340. The summed E-state index contributed by atoms with van der Waals surface area (Å²) in [4.78, 5) is 38.5. The first kappa shape index (κ1) is 80.9. The van der Waals surface area contributed by atoms with Gasteiger partial charge < -0.3 is 14.2 Å². The van der Waals surface area contributed by atoms with Crippen LogP contribution in [-0.4, -0.2) is 37.2 Å². The van der Waals surface area contributed by atoms with Crippen LogP contribution in [0.15, 0.2) is 24.3 Å². The molecular weight excluding hydrogens is 1020 g/mol. The highest BCUT2D eigenvalue weighted by atomic mass is 16.6. The number of carbonyl (C=O) groups excluding carboxylic acids is 3. The third-order valence-corrected chi connectivity index (χ3v) is 17.5. The van der Waals surface area contributed by atoms with E-state index in [-0.39, 0.29) is 31.1 Å². The molecule has 0 radical (unpaired) electrons. The second kappa shape index (κ2) is 72.4. The van der Waals surface area contributed by atoms with Crippen LogP contribution in [-0.2, 0) is 28.6 Å². The van der Waals surface area contributed by atoms with Gasteiger partial charge in [0.2, 0.25) is 0 Å². The molecule has 83 heavy (non-hydrogen) atoms. The lowest BCUT2D eigenvalue weighted by molar-refractivity contribution is -0.167. The number of ether oxygens (including phenoxy) is 3. The zero-order valence-corrected chi connectivity index (χ0v) is 56.5. The van der Waals surface area contributed by atoms with Crippen LogP contribution < -0.4 is 0 Å². The van der Waals surface area contributed by atoms with Gasteiger partial charge in [0.1, 0.15) is 13.2 Å².